The molecule has 2 aliphatic heterocycles. The van der Waals surface area contributed by atoms with Crippen LogP contribution in [0.2, 0.25) is 0 Å². The van der Waals surface area contributed by atoms with Gasteiger partial charge in [0.2, 0.25) is 0 Å². The van der Waals surface area contributed by atoms with Crippen molar-refractivity contribution in [1.82, 2.24) is 4.90 Å². The molecule has 0 aromatic heterocycles. The first-order valence-corrected chi connectivity index (χ1v) is 10.5. The van der Waals surface area contributed by atoms with E-state index in [1.54, 1.807) is 14.2 Å². The van der Waals surface area contributed by atoms with E-state index in [-0.39, 0.29) is 23.7 Å². The third-order valence-corrected chi connectivity index (χ3v) is 6.12. The maximum Gasteiger partial charge on any atom is 0.161 e. The number of rotatable bonds is 6. The van der Waals surface area contributed by atoms with E-state index in [1.165, 1.54) is 11.1 Å². The third kappa shape index (κ3) is 4.81. The normalized spacial score (nSPS) is 26.3. The van der Waals surface area contributed by atoms with Crippen LogP contribution in [0, 0.1) is 11.3 Å². The summed E-state index contributed by atoms with van der Waals surface area (Å²) >= 11 is 0. The number of hydrogen-bond acceptors (Lipinski definition) is 5. The molecule has 0 aliphatic carbocycles. The third-order valence-electron chi connectivity index (χ3n) is 6.12. The number of fused-ring (bicyclic) bond motifs is 3. The fourth-order valence-electron chi connectivity index (χ4n) is 4.63. The Hall–Kier alpha value is -1.30. The molecule has 1 N–H and O–H groups in total. The molecule has 5 nitrogen and oxygen atoms in total. The molecular weight excluding hydrogens is 354 g/mol. The van der Waals surface area contributed by atoms with Gasteiger partial charge in [-0.1, -0.05) is 20.8 Å². The summed E-state index contributed by atoms with van der Waals surface area (Å²) in [5, 5.41) is 10.9. The van der Waals surface area contributed by atoms with Gasteiger partial charge in [-0.3, -0.25) is 4.90 Å². The Morgan fingerprint density at radius 1 is 1.21 bits per heavy atom. The number of benzene rings is 1. The molecule has 5 heteroatoms. The van der Waals surface area contributed by atoms with Gasteiger partial charge in [0, 0.05) is 26.2 Å². The number of hydrogen-bond donors (Lipinski definition) is 1. The average molecular weight is 392 g/mol. The van der Waals surface area contributed by atoms with Gasteiger partial charge in [-0.15, -0.1) is 0 Å². The van der Waals surface area contributed by atoms with Gasteiger partial charge >= 0.3 is 0 Å². The van der Waals surface area contributed by atoms with Crippen molar-refractivity contribution < 1.29 is 19.3 Å². The number of methoxy groups -OCH3 is 2. The Bertz CT molecular complexity index is 669. The molecule has 2 aliphatic rings. The van der Waals surface area contributed by atoms with Gasteiger partial charge in [0.15, 0.2) is 11.5 Å². The van der Waals surface area contributed by atoms with E-state index in [9.17, 15) is 5.11 Å². The number of aliphatic hydroxyl groups excluding tert-OH is 1. The lowest BCUT2D eigenvalue weighted by Gasteiger charge is -2.47. The molecule has 1 unspecified atom stereocenters. The van der Waals surface area contributed by atoms with Crippen molar-refractivity contribution in [2.75, 3.05) is 33.9 Å². The van der Waals surface area contributed by atoms with Gasteiger partial charge in [-0.05, 0) is 60.8 Å². The quantitative estimate of drug-likeness (QED) is 0.799. The van der Waals surface area contributed by atoms with E-state index >= 15 is 0 Å². The Balaban J connectivity index is 1.80. The van der Waals surface area contributed by atoms with Gasteiger partial charge in [0.1, 0.15) is 6.61 Å². The minimum atomic E-state index is -0.254. The Morgan fingerprint density at radius 2 is 1.96 bits per heavy atom. The molecule has 4 atom stereocenters. The predicted octanol–water partition coefficient (Wildman–Crippen LogP) is 3.83. The van der Waals surface area contributed by atoms with Crippen molar-refractivity contribution in [2.24, 2.45) is 11.3 Å². The Labute approximate surface area is 170 Å². The number of ether oxygens (including phenoxy) is 3. The summed E-state index contributed by atoms with van der Waals surface area (Å²) in [6.45, 7) is 11.3. The lowest BCUT2D eigenvalue weighted by Crippen LogP contribution is -2.48. The van der Waals surface area contributed by atoms with Crippen molar-refractivity contribution in [3.8, 4) is 11.5 Å². The van der Waals surface area contributed by atoms with Gasteiger partial charge in [-0.2, -0.15) is 0 Å². The molecule has 1 aromatic rings. The molecule has 1 saturated heterocycles. The second kappa shape index (κ2) is 8.60. The molecule has 0 radical (unpaired) electrons. The zero-order valence-corrected chi connectivity index (χ0v) is 18.3. The van der Waals surface area contributed by atoms with Crippen molar-refractivity contribution >= 4 is 0 Å². The monoisotopic (exact) mass is 391 g/mol. The van der Waals surface area contributed by atoms with Crippen LogP contribution < -0.4 is 9.47 Å². The SMILES string of the molecule is COc1cc2c(cc1OCC(C)OC)CCN1C[C@@H](CC(C)(C)C)[C@H](O)C[C@H]21. The number of nitrogens with zero attached hydrogens (tertiary/aromatic N) is 1. The zero-order chi connectivity index (χ0) is 20.5. The van der Waals surface area contributed by atoms with E-state index in [1.807, 2.05) is 6.92 Å². The van der Waals surface area contributed by atoms with E-state index in [0.717, 1.165) is 43.9 Å². The maximum atomic E-state index is 10.9. The summed E-state index contributed by atoms with van der Waals surface area (Å²) < 4.78 is 16.9. The molecule has 3 rings (SSSR count). The van der Waals surface area contributed by atoms with Crippen LogP contribution in [-0.4, -0.2) is 56.1 Å². The van der Waals surface area contributed by atoms with Crippen LogP contribution in [0.15, 0.2) is 12.1 Å². The fraction of sp³-hybridized carbons (Fsp3) is 0.739. The summed E-state index contributed by atoms with van der Waals surface area (Å²) in [4.78, 5) is 2.55. The van der Waals surface area contributed by atoms with Gasteiger partial charge in [0.25, 0.3) is 0 Å². The highest BCUT2D eigenvalue weighted by atomic mass is 16.5. The molecule has 158 valence electrons. The highest BCUT2D eigenvalue weighted by Crippen LogP contribution is 2.44. The lowest BCUT2D eigenvalue weighted by molar-refractivity contribution is -0.0259. The first-order valence-electron chi connectivity index (χ1n) is 10.5. The van der Waals surface area contributed by atoms with Crippen LogP contribution >= 0.6 is 0 Å². The largest absolute Gasteiger partial charge is 0.493 e. The first-order chi connectivity index (χ1) is 13.2. The standard InChI is InChI=1S/C23H37NO4/c1-15(26-5)14-28-22-9-16-7-8-24-13-17(12-23(2,3)4)20(25)11-19(24)18(16)10-21(22)27-6/h9-10,15,17,19-20,25H,7-8,11-14H2,1-6H3/t15?,17-,19-,20-/m1/s1. The molecule has 0 amide bonds. The molecule has 0 saturated carbocycles. The van der Waals surface area contributed by atoms with Crippen molar-refractivity contribution in [2.45, 2.75) is 65.2 Å². The van der Waals surface area contributed by atoms with Gasteiger partial charge in [0.05, 0.1) is 19.3 Å². The van der Waals surface area contributed by atoms with Crippen LogP contribution in [0.4, 0.5) is 0 Å². The van der Waals surface area contributed by atoms with Gasteiger partial charge in [-0.25, -0.2) is 0 Å². The number of piperidine rings is 1. The van der Waals surface area contributed by atoms with E-state index in [2.05, 4.69) is 37.8 Å². The molecular formula is C23H37NO4. The average Bonchev–Trinajstić information content (AvgIpc) is 2.64. The van der Waals surface area contributed by atoms with Crippen LogP contribution in [0.3, 0.4) is 0 Å². The van der Waals surface area contributed by atoms with Crippen LogP contribution in [0.5, 0.6) is 11.5 Å². The van der Waals surface area contributed by atoms with Crippen LogP contribution in [-0.2, 0) is 11.2 Å². The molecule has 0 bridgehead atoms. The lowest BCUT2D eigenvalue weighted by atomic mass is 9.75. The summed E-state index contributed by atoms with van der Waals surface area (Å²) in [6, 6.07) is 4.51. The molecule has 28 heavy (non-hydrogen) atoms. The van der Waals surface area contributed by atoms with E-state index in [4.69, 9.17) is 14.2 Å². The molecule has 1 fully saturated rings. The minimum Gasteiger partial charge on any atom is -0.493 e. The summed E-state index contributed by atoms with van der Waals surface area (Å²) in [6.07, 6.45) is 2.63. The second-order valence-corrected chi connectivity index (χ2v) is 9.65. The minimum absolute atomic E-state index is 0.0319. The highest BCUT2D eigenvalue weighted by Gasteiger charge is 2.39. The predicted molar refractivity (Wildman–Crippen MR) is 111 cm³/mol. The van der Waals surface area contributed by atoms with Crippen molar-refractivity contribution in [3.05, 3.63) is 23.3 Å². The van der Waals surface area contributed by atoms with Crippen LogP contribution in [0.25, 0.3) is 0 Å². The molecule has 2 heterocycles. The van der Waals surface area contributed by atoms with Gasteiger partial charge < -0.3 is 19.3 Å². The zero-order valence-electron chi connectivity index (χ0n) is 18.3. The summed E-state index contributed by atoms with van der Waals surface area (Å²) in [5.74, 6) is 1.88. The highest BCUT2D eigenvalue weighted by molar-refractivity contribution is 5.49. The first kappa shape index (κ1) is 21.4. The summed E-state index contributed by atoms with van der Waals surface area (Å²) in [7, 11) is 3.37. The number of aliphatic hydroxyl groups is 1. The van der Waals surface area contributed by atoms with Crippen molar-refractivity contribution in [1.29, 1.82) is 0 Å². The van der Waals surface area contributed by atoms with Crippen molar-refractivity contribution in [3.63, 3.8) is 0 Å². The smallest absolute Gasteiger partial charge is 0.161 e. The Morgan fingerprint density at radius 3 is 2.61 bits per heavy atom. The maximum absolute atomic E-state index is 10.9. The summed E-state index contributed by atoms with van der Waals surface area (Å²) in [5.41, 5.74) is 2.83. The van der Waals surface area contributed by atoms with E-state index < -0.39 is 0 Å². The topological polar surface area (TPSA) is 51.2 Å². The molecule has 1 aromatic carbocycles. The fourth-order valence-corrected chi connectivity index (χ4v) is 4.63. The molecule has 0 spiro atoms. The second-order valence-electron chi connectivity index (χ2n) is 9.65. The Kier molecular flexibility index (Phi) is 6.58. The van der Waals surface area contributed by atoms with E-state index in [0.29, 0.717) is 12.5 Å². The van der Waals surface area contributed by atoms with Crippen LogP contribution in [0.1, 0.15) is 57.7 Å².